The fourth-order valence-electron chi connectivity index (χ4n) is 4.86. The van der Waals surface area contributed by atoms with Crippen molar-refractivity contribution < 1.29 is 14.0 Å². The normalized spacial score (nSPS) is 23.1. The second-order valence-electron chi connectivity index (χ2n) is 9.12. The van der Waals surface area contributed by atoms with E-state index in [1.165, 1.54) is 11.3 Å². The van der Waals surface area contributed by atoms with Crippen LogP contribution in [0.1, 0.15) is 24.6 Å². The van der Waals surface area contributed by atoms with E-state index in [9.17, 15) is 9.59 Å². The van der Waals surface area contributed by atoms with E-state index in [0.29, 0.717) is 41.1 Å². The zero-order chi connectivity index (χ0) is 24.3. The van der Waals surface area contributed by atoms with E-state index in [4.69, 9.17) is 9.97 Å². The summed E-state index contributed by atoms with van der Waals surface area (Å²) >= 11 is 1.52. The third-order valence-electron chi connectivity index (χ3n) is 7.16. The highest BCUT2D eigenvalue weighted by atomic mass is 32.1. The SMILES string of the molecule is CNC1(C)CCN(c2nc(C3=C(c4c[nH]c5sccc45)C(=O)NC3=O)c3ccccc3n2)CC1F. The van der Waals surface area contributed by atoms with E-state index in [0.717, 1.165) is 10.2 Å². The highest BCUT2D eigenvalue weighted by Gasteiger charge is 2.40. The number of rotatable bonds is 4. The fraction of sp³-hybridized carbons (Fsp3) is 0.280. The minimum atomic E-state index is -1.13. The lowest BCUT2D eigenvalue weighted by Gasteiger charge is -2.42. The molecule has 1 fully saturated rings. The quantitative estimate of drug-likeness (QED) is 0.380. The van der Waals surface area contributed by atoms with E-state index in [-0.39, 0.29) is 17.7 Å². The number of imide groups is 1. The number of thiophene rings is 1. The molecule has 2 atom stereocenters. The standard InChI is InChI=1S/C25H23FN6O2S/c1-25(27-2)8-9-32(12-17(25)26)24-29-16-6-4-3-5-14(16)20(30-24)19-18(21(33)31-22(19)34)15-11-28-23-13(15)7-10-35-23/h3-7,10-11,17,27-28H,8-9,12H2,1-2H3,(H,31,33,34). The second kappa shape index (κ2) is 7.96. The molecule has 35 heavy (non-hydrogen) atoms. The van der Waals surface area contributed by atoms with Gasteiger partial charge in [0.05, 0.1) is 28.9 Å². The van der Waals surface area contributed by atoms with Gasteiger partial charge >= 0.3 is 0 Å². The van der Waals surface area contributed by atoms with Gasteiger partial charge < -0.3 is 15.2 Å². The maximum atomic E-state index is 15.1. The van der Waals surface area contributed by atoms with Crippen LogP contribution < -0.4 is 15.5 Å². The topological polar surface area (TPSA) is 103 Å². The molecule has 6 rings (SSSR count). The minimum Gasteiger partial charge on any atom is -0.352 e. The van der Waals surface area contributed by atoms with Crippen molar-refractivity contribution in [2.75, 3.05) is 25.0 Å². The number of fused-ring (bicyclic) bond motifs is 2. The summed E-state index contributed by atoms with van der Waals surface area (Å²) in [7, 11) is 1.77. The Morgan fingerprint density at radius 2 is 1.94 bits per heavy atom. The summed E-state index contributed by atoms with van der Waals surface area (Å²) in [5, 5.41) is 8.99. The number of para-hydroxylation sites is 1. The van der Waals surface area contributed by atoms with Crippen LogP contribution in [0.3, 0.4) is 0 Å². The van der Waals surface area contributed by atoms with Crippen LogP contribution in [0.4, 0.5) is 10.3 Å². The van der Waals surface area contributed by atoms with E-state index in [1.54, 1.807) is 13.2 Å². The second-order valence-corrected chi connectivity index (χ2v) is 10.0. The van der Waals surface area contributed by atoms with Crippen LogP contribution in [0, 0.1) is 0 Å². The summed E-state index contributed by atoms with van der Waals surface area (Å²) in [5.41, 5.74) is 1.50. The molecule has 3 N–H and O–H groups in total. The molecule has 2 aliphatic heterocycles. The van der Waals surface area contributed by atoms with Crippen molar-refractivity contribution in [1.29, 1.82) is 0 Å². The first kappa shape index (κ1) is 21.9. The molecule has 4 aromatic rings. The highest BCUT2D eigenvalue weighted by Crippen LogP contribution is 2.38. The van der Waals surface area contributed by atoms with Gasteiger partial charge in [0, 0.05) is 34.6 Å². The lowest BCUT2D eigenvalue weighted by molar-refractivity contribution is -0.122. The molecule has 1 saturated heterocycles. The average Bonchev–Trinajstić information content (AvgIpc) is 3.55. The Balaban J connectivity index is 1.55. The number of anilines is 1. The number of halogens is 1. The Labute approximate surface area is 204 Å². The lowest BCUT2D eigenvalue weighted by Crippen LogP contribution is -2.58. The molecule has 2 unspecified atom stereocenters. The van der Waals surface area contributed by atoms with Crippen molar-refractivity contribution in [1.82, 2.24) is 25.6 Å². The van der Waals surface area contributed by atoms with Gasteiger partial charge in [0.1, 0.15) is 11.0 Å². The molecule has 0 bridgehead atoms. The zero-order valence-corrected chi connectivity index (χ0v) is 20.0. The summed E-state index contributed by atoms with van der Waals surface area (Å²) < 4.78 is 15.1. The number of nitrogens with one attached hydrogen (secondary N) is 3. The fourth-order valence-corrected chi connectivity index (χ4v) is 5.64. The summed E-state index contributed by atoms with van der Waals surface area (Å²) in [6.45, 7) is 2.55. The molecule has 5 heterocycles. The minimum absolute atomic E-state index is 0.124. The van der Waals surface area contributed by atoms with Crippen molar-refractivity contribution in [2.24, 2.45) is 0 Å². The largest absolute Gasteiger partial charge is 0.352 e. The maximum absolute atomic E-state index is 15.1. The van der Waals surface area contributed by atoms with Gasteiger partial charge in [-0.15, -0.1) is 11.3 Å². The molecule has 8 nitrogen and oxygen atoms in total. The predicted molar refractivity (Wildman–Crippen MR) is 135 cm³/mol. The first-order valence-corrected chi connectivity index (χ1v) is 12.3. The van der Waals surface area contributed by atoms with Crippen LogP contribution in [0.15, 0.2) is 41.9 Å². The van der Waals surface area contributed by atoms with Gasteiger partial charge in [-0.05, 0) is 37.9 Å². The molecular weight excluding hydrogens is 467 g/mol. The van der Waals surface area contributed by atoms with Crippen LogP contribution in [-0.4, -0.2) is 58.6 Å². The van der Waals surface area contributed by atoms with Crippen molar-refractivity contribution >= 4 is 61.4 Å². The summed E-state index contributed by atoms with van der Waals surface area (Å²) in [5.74, 6) is -0.629. The smallest absolute Gasteiger partial charge is 0.261 e. The molecule has 3 aromatic heterocycles. The van der Waals surface area contributed by atoms with Gasteiger partial charge in [-0.2, -0.15) is 0 Å². The number of aromatic amines is 1. The van der Waals surface area contributed by atoms with Gasteiger partial charge in [0.15, 0.2) is 0 Å². The number of H-pyrrole nitrogens is 1. The van der Waals surface area contributed by atoms with E-state index in [2.05, 4.69) is 15.6 Å². The van der Waals surface area contributed by atoms with Gasteiger partial charge in [0.2, 0.25) is 5.95 Å². The van der Waals surface area contributed by atoms with E-state index < -0.39 is 23.5 Å². The number of hydrogen-bond acceptors (Lipinski definition) is 7. The Morgan fingerprint density at radius 3 is 2.74 bits per heavy atom. The third-order valence-corrected chi connectivity index (χ3v) is 8.00. The van der Waals surface area contributed by atoms with Gasteiger partial charge in [0.25, 0.3) is 11.8 Å². The number of aromatic nitrogens is 3. The highest BCUT2D eigenvalue weighted by molar-refractivity contribution is 7.16. The van der Waals surface area contributed by atoms with Crippen LogP contribution in [0.5, 0.6) is 0 Å². The summed E-state index contributed by atoms with van der Waals surface area (Å²) in [6, 6.07) is 9.28. The van der Waals surface area contributed by atoms with Crippen LogP contribution >= 0.6 is 11.3 Å². The van der Waals surface area contributed by atoms with Crippen LogP contribution in [-0.2, 0) is 9.59 Å². The van der Waals surface area contributed by atoms with Gasteiger partial charge in [-0.3, -0.25) is 14.9 Å². The molecule has 2 aliphatic rings. The number of carbonyl (C=O) groups excluding carboxylic acids is 2. The Kier molecular flexibility index (Phi) is 4.97. The Hall–Kier alpha value is -3.63. The summed E-state index contributed by atoms with van der Waals surface area (Å²) in [6.07, 6.45) is 1.19. The van der Waals surface area contributed by atoms with Crippen molar-refractivity contribution in [3.8, 4) is 0 Å². The molecule has 10 heteroatoms. The van der Waals surface area contributed by atoms with E-state index in [1.807, 2.05) is 47.5 Å². The maximum Gasteiger partial charge on any atom is 0.261 e. The van der Waals surface area contributed by atoms with Crippen molar-refractivity contribution in [3.63, 3.8) is 0 Å². The first-order valence-electron chi connectivity index (χ1n) is 11.4. The molecule has 1 aromatic carbocycles. The molecule has 0 saturated carbocycles. The van der Waals surface area contributed by atoms with Gasteiger partial charge in [-0.1, -0.05) is 18.2 Å². The average molecular weight is 491 g/mol. The van der Waals surface area contributed by atoms with Crippen molar-refractivity contribution in [2.45, 2.75) is 25.1 Å². The summed E-state index contributed by atoms with van der Waals surface area (Å²) in [4.78, 5) is 41.5. The number of hydrogen-bond donors (Lipinski definition) is 3. The number of alkyl halides is 1. The van der Waals surface area contributed by atoms with Crippen LogP contribution in [0.25, 0.3) is 32.3 Å². The zero-order valence-electron chi connectivity index (χ0n) is 19.2. The molecule has 178 valence electrons. The number of benzene rings is 1. The first-order chi connectivity index (χ1) is 16.9. The molecule has 0 spiro atoms. The van der Waals surface area contributed by atoms with E-state index >= 15 is 4.39 Å². The molecule has 2 amide bonds. The molecule has 0 aliphatic carbocycles. The monoisotopic (exact) mass is 490 g/mol. The van der Waals surface area contributed by atoms with Crippen molar-refractivity contribution in [3.05, 3.63) is 53.2 Å². The number of amides is 2. The molecular formula is C25H23FN6O2S. The third kappa shape index (κ3) is 3.35. The number of piperidine rings is 1. The Bertz CT molecular complexity index is 1540. The number of nitrogens with zero attached hydrogens (tertiary/aromatic N) is 3. The predicted octanol–water partition coefficient (Wildman–Crippen LogP) is 3.27. The molecule has 0 radical (unpaired) electrons. The van der Waals surface area contributed by atoms with Crippen LogP contribution in [0.2, 0.25) is 0 Å². The number of carbonyl (C=O) groups is 2. The van der Waals surface area contributed by atoms with Gasteiger partial charge in [-0.25, -0.2) is 14.4 Å². The lowest BCUT2D eigenvalue weighted by atomic mass is 9.88. The Morgan fingerprint density at radius 1 is 1.14 bits per heavy atom.